The van der Waals surface area contributed by atoms with Gasteiger partial charge in [0, 0.05) is 43.9 Å². The van der Waals surface area contributed by atoms with Crippen molar-refractivity contribution in [1.82, 2.24) is 20.0 Å². The Balaban J connectivity index is 1.35. The summed E-state index contributed by atoms with van der Waals surface area (Å²) in [6, 6.07) is 6.24. The largest absolute Gasteiger partial charge is 0.381 e. The molecule has 2 aliphatic heterocycles. The van der Waals surface area contributed by atoms with Crippen molar-refractivity contribution in [3.63, 3.8) is 0 Å². The molecule has 1 unspecified atom stereocenters. The highest BCUT2D eigenvalue weighted by Gasteiger charge is 2.29. The number of rotatable bonds is 6. The summed E-state index contributed by atoms with van der Waals surface area (Å²) in [5, 5.41) is 9.56. The molecule has 1 atom stereocenters. The number of fused-ring (bicyclic) bond motifs is 1. The zero-order chi connectivity index (χ0) is 17.8. The fraction of sp³-hybridized carbons (Fsp3) is 0.579. The number of nitrogens with zero attached hydrogens (tertiary/aromatic N) is 3. The molecule has 1 saturated heterocycles. The van der Waals surface area contributed by atoms with Crippen LogP contribution < -0.4 is 5.32 Å². The first kappa shape index (κ1) is 17.7. The average Bonchev–Trinajstić information content (AvgIpc) is 3.32. The molecule has 2 aromatic rings. The Bertz CT molecular complexity index is 709. The van der Waals surface area contributed by atoms with Gasteiger partial charge in [-0.2, -0.15) is 5.10 Å². The summed E-state index contributed by atoms with van der Waals surface area (Å²) in [7, 11) is 0. The molecule has 0 aromatic carbocycles. The van der Waals surface area contributed by atoms with Crippen molar-refractivity contribution >= 4 is 17.2 Å². The Morgan fingerprint density at radius 3 is 3.04 bits per heavy atom. The Morgan fingerprint density at radius 1 is 1.35 bits per heavy atom. The van der Waals surface area contributed by atoms with E-state index in [1.54, 1.807) is 11.3 Å². The van der Waals surface area contributed by atoms with Crippen LogP contribution in [0.3, 0.4) is 0 Å². The minimum Gasteiger partial charge on any atom is -0.381 e. The first-order chi connectivity index (χ1) is 12.8. The summed E-state index contributed by atoms with van der Waals surface area (Å²) in [5.74, 6) is 0.796. The van der Waals surface area contributed by atoms with Crippen LogP contribution in [0.1, 0.15) is 35.9 Å². The maximum Gasteiger partial charge on any atom is 0.222 e. The van der Waals surface area contributed by atoms with E-state index in [1.807, 2.05) is 28.4 Å². The van der Waals surface area contributed by atoms with E-state index in [0.717, 1.165) is 45.7 Å². The summed E-state index contributed by atoms with van der Waals surface area (Å²) in [6.45, 7) is 5.27. The van der Waals surface area contributed by atoms with Gasteiger partial charge in [-0.25, -0.2) is 0 Å². The van der Waals surface area contributed by atoms with E-state index < -0.39 is 0 Å². The number of hydrogen-bond acceptors (Lipinski definition) is 5. The number of nitrogens with one attached hydrogen (secondary N) is 1. The quantitative estimate of drug-likeness (QED) is 0.844. The van der Waals surface area contributed by atoms with Gasteiger partial charge in [0.15, 0.2) is 0 Å². The number of ether oxygens (including phenoxy) is 1. The van der Waals surface area contributed by atoms with Gasteiger partial charge >= 0.3 is 0 Å². The van der Waals surface area contributed by atoms with Gasteiger partial charge in [0.05, 0.1) is 24.7 Å². The van der Waals surface area contributed by atoms with E-state index in [-0.39, 0.29) is 11.9 Å². The molecule has 0 saturated carbocycles. The maximum atomic E-state index is 12.5. The third-order valence-corrected chi connectivity index (χ3v) is 6.15. The lowest BCUT2D eigenvalue weighted by atomic mass is 9.98. The predicted molar refractivity (Wildman–Crippen MR) is 101 cm³/mol. The van der Waals surface area contributed by atoms with E-state index in [1.165, 1.54) is 10.6 Å². The lowest BCUT2D eigenvalue weighted by Gasteiger charge is -2.36. The fourth-order valence-electron chi connectivity index (χ4n) is 3.93. The summed E-state index contributed by atoms with van der Waals surface area (Å²) in [5.41, 5.74) is 1.21. The molecule has 1 N–H and O–H groups in total. The Hall–Kier alpha value is -1.70. The zero-order valence-corrected chi connectivity index (χ0v) is 15.8. The van der Waals surface area contributed by atoms with Gasteiger partial charge in [-0.05, 0) is 36.3 Å². The first-order valence-corrected chi connectivity index (χ1v) is 10.3. The first-order valence-electron chi connectivity index (χ1n) is 9.39. The topological polar surface area (TPSA) is 59.4 Å². The third-order valence-electron chi connectivity index (χ3n) is 5.27. The van der Waals surface area contributed by atoms with Gasteiger partial charge in [-0.3, -0.25) is 14.4 Å². The van der Waals surface area contributed by atoms with Gasteiger partial charge in [-0.1, -0.05) is 6.07 Å². The number of amides is 1. The van der Waals surface area contributed by atoms with Crippen molar-refractivity contribution in [3.8, 4) is 0 Å². The molecule has 140 valence electrons. The van der Waals surface area contributed by atoms with Gasteiger partial charge in [0.2, 0.25) is 5.91 Å². The zero-order valence-electron chi connectivity index (χ0n) is 15.0. The Kier molecular flexibility index (Phi) is 5.67. The molecule has 2 aliphatic rings. The molecule has 0 spiro atoms. The van der Waals surface area contributed by atoms with Crippen molar-refractivity contribution in [1.29, 1.82) is 0 Å². The molecule has 4 heterocycles. The molecular formula is C19H26N4O2S. The summed E-state index contributed by atoms with van der Waals surface area (Å²) in [6.07, 6.45) is 4.61. The lowest BCUT2D eigenvalue weighted by Crippen LogP contribution is -2.42. The fourth-order valence-corrected chi connectivity index (χ4v) is 4.58. The predicted octanol–water partition coefficient (Wildman–Crippen LogP) is 2.43. The van der Waals surface area contributed by atoms with Crippen molar-refractivity contribution in [2.45, 2.75) is 38.4 Å². The van der Waals surface area contributed by atoms with E-state index in [9.17, 15) is 4.79 Å². The van der Waals surface area contributed by atoms with Crippen molar-refractivity contribution in [2.75, 3.05) is 26.3 Å². The third kappa shape index (κ3) is 4.34. The van der Waals surface area contributed by atoms with Gasteiger partial charge in [0.1, 0.15) is 0 Å². The van der Waals surface area contributed by atoms with Crippen LogP contribution >= 0.6 is 11.3 Å². The van der Waals surface area contributed by atoms with Gasteiger partial charge in [0.25, 0.3) is 0 Å². The lowest BCUT2D eigenvalue weighted by molar-refractivity contribution is -0.122. The van der Waals surface area contributed by atoms with E-state index in [4.69, 9.17) is 4.74 Å². The van der Waals surface area contributed by atoms with Crippen LogP contribution in [0, 0.1) is 5.92 Å². The van der Waals surface area contributed by atoms with Crippen LogP contribution in [0.5, 0.6) is 0 Å². The van der Waals surface area contributed by atoms with Crippen LogP contribution in [0.2, 0.25) is 0 Å². The number of hydrogen-bond donors (Lipinski definition) is 1. The summed E-state index contributed by atoms with van der Waals surface area (Å²) >= 11 is 1.67. The standard InChI is InChI=1S/C19H26N4O2S/c24-19(20-11-18-2-1-9-26-18)10-17-14-22(12-15-4-7-25-8-5-15)13-16-3-6-21-23(16)17/h1-3,6,9,15,17H,4-5,7-8,10-14H2,(H,20,24). The highest BCUT2D eigenvalue weighted by Crippen LogP contribution is 2.25. The smallest absolute Gasteiger partial charge is 0.222 e. The highest BCUT2D eigenvalue weighted by atomic mass is 32.1. The van der Waals surface area contributed by atoms with E-state index in [0.29, 0.717) is 18.9 Å². The van der Waals surface area contributed by atoms with Gasteiger partial charge < -0.3 is 10.1 Å². The Morgan fingerprint density at radius 2 is 2.23 bits per heavy atom. The number of aromatic nitrogens is 2. The second-order valence-electron chi connectivity index (χ2n) is 7.23. The van der Waals surface area contributed by atoms with Crippen molar-refractivity contribution in [2.24, 2.45) is 5.92 Å². The molecule has 26 heavy (non-hydrogen) atoms. The van der Waals surface area contributed by atoms with Crippen LogP contribution in [0.25, 0.3) is 0 Å². The second kappa shape index (κ2) is 8.33. The molecule has 0 aliphatic carbocycles. The molecule has 0 bridgehead atoms. The molecule has 2 aromatic heterocycles. The molecule has 4 rings (SSSR count). The molecule has 1 amide bonds. The minimum absolute atomic E-state index is 0.0952. The normalized spacial score (nSPS) is 21.5. The minimum atomic E-state index is 0.0952. The molecule has 0 radical (unpaired) electrons. The Labute approximate surface area is 158 Å². The van der Waals surface area contributed by atoms with Crippen LogP contribution in [-0.4, -0.2) is 46.9 Å². The van der Waals surface area contributed by atoms with Crippen LogP contribution in [-0.2, 0) is 22.6 Å². The van der Waals surface area contributed by atoms with Crippen LogP contribution in [0.4, 0.5) is 0 Å². The van der Waals surface area contributed by atoms with Crippen molar-refractivity contribution in [3.05, 3.63) is 40.3 Å². The monoisotopic (exact) mass is 374 g/mol. The molecular weight excluding hydrogens is 348 g/mol. The summed E-state index contributed by atoms with van der Waals surface area (Å²) < 4.78 is 7.53. The SMILES string of the molecule is O=C(CC1CN(CC2CCOCC2)Cc2ccnn21)NCc1cccs1. The number of thiophene rings is 1. The maximum absolute atomic E-state index is 12.5. The highest BCUT2D eigenvalue weighted by molar-refractivity contribution is 7.09. The van der Waals surface area contributed by atoms with Gasteiger partial charge in [-0.15, -0.1) is 11.3 Å². The molecule has 1 fully saturated rings. The molecule has 7 heteroatoms. The number of carbonyl (C=O) groups is 1. The summed E-state index contributed by atoms with van der Waals surface area (Å²) in [4.78, 5) is 16.1. The molecule has 6 nitrogen and oxygen atoms in total. The average molecular weight is 375 g/mol. The number of carbonyl (C=O) groups excluding carboxylic acids is 1. The second-order valence-corrected chi connectivity index (χ2v) is 8.26. The van der Waals surface area contributed by atoms with E-state index >= 15 is 0 Å². The van der Waals surface area contributed by atoms with Crippen molar-refractivity contribution < 1.29 is 9.53 Å². The van der Waals surface area contributed by atoms with E-state index in [2.05, 4.69) is 21.4 Å². The van der Waals surface area contributed by atoms with Crippen LogP contribution in [0.15, 0.2) is 29.8 Å².